The molecule has 2 heterocycles. The Balaban J connectivity index is 2.27. The van der Waals surface area contributed by atoms with Gasteiger partial charge in [0.1, 0.15) is 6.10 Å². The largest absolute Gasteiger partial charge is 0.386 e. The van der Waals surface area contributed by atoms with Gasteiger partial charge < -0.3 is 5.11 Å². The van der Waals surface area contributed by atoms with Crippen LogP contribution in [0.5, 0.6) is 0 Å². The smallest absolute Gasteiger partial charge is 0.328 e. The Morgan fingerprint density at radius 3 is 2.83 bits per heavy atom. The first kappa shape index (κ1) is 13.0. The molecule has 2 aromatic heterocycles. The van der Waals surface area contributed by atoms with E-state index in [9.17, 15) is 19.1 Å². The molecule has 0 fully saturated rings. The lowest BCUT2D eigenvalue weighted by atomic mass is 10.3. The summed E-state index contributed by atoms with van der Waals surface area (Å²) in [6.07, 6.45) is -0.231. The number of aromatic nitrogens is 2. The predicted octanol–water partition coefficient (Wildman–Crippen LogP) is 1.12. The lowest BCUT2D eigenvalue weighted by Crippen LogP contribution is -2.32. The molecule has 18 heavy (non-hydrogen) atoms. The zero-order valence-corrected chi connectivity index (χ0v) is 10.5. The summed E-state index contributed by atoms with van der Waals surface area (Å²) in [4.78, 5) is 24.6. The van der Waals surface area contributed by atoms with Gasteiger partial charge in [-0.2, -0.15) is 4.39 Å². The summed E-state index contributed by atoms with van der Waals surface area (Å²) in [7, 11) is 0. The summed E-state index contributed by atoms with van der Waals surface area (Å²) in [6.45, 7) is -0.163. The van der Waals surface area contributed by atoms with Crippen molar-refractivity contribution < 1.29 is 9.50 Å². The van der Waals surface area contributed by atoms with Crippen molar-refractivity contribution in [2.24, 2.45) is 0 Å². The monoisotopic (exact) mass is 290 g/mol. The molecule has 0 aliphatic heterocycles. The van der Waals surface area contributed by atoms with Gasteiger partial charge in [-0.05, 0) is 12.1 Å². The van der Waals surface area contributed by atoms with E-state index in [1.54, 1.807) is 12.1 Å². The second-order valence-corrected chi connectivity index (χ2v) is 5.29. The lowest BCUT2D eigenvalue weighted by molar-refractivity contribution is 0.157. The van der Waals surface area contributed by atoms with Crippen molar-refractivity contribution >= 4 is 22.9 Å². The Morgan fingerprint density at radius 1 is 1.50 bits per heavy atom. The molecular weight excluding hydrogens is 283 g/mol. The second kappa shape index (κ2) is 5.05. The van der Waals surface area contributed by atoms with Crippen molar-refractivity contribution in [1.29, 1.82) is 0 Å². The number of H-pyrrole nitrogens is 1. The van der Waals surface area contributed by atoms with E-state index in [4.69, 9.17) is 11.6 Å². The molecule has 0 radical (unpaired) electrons. The number of hydrogen-bond acceptors (Lipinski definition) is 4. The number of rotatable bonds is 3. The first-order valence-corrected chi connectivity index (χ1v) is 6.09. The van der Waals surface area contributed by atoms with Gasteiger partial charge in [0.05, 0.1) is 17.1 Å². The molecule has 8 heteroatoms. The van der Waals surface area contributed by atoms with Crippen molar-refractivity contribution in [3.05, 3.63) is 54.2 Å². The third kappa shape index (κ3) is 2.69. The molecule has 0 bridgehead atoms. The minimum atomic E-state index is -1.08. The zero-order valence-electron chi connectivity index (χ0n) is 8.89. The summed E-state index contributed by atoms with van der Waals surface area (Å²) in [5.41, 5.74) is -1.85. The molecule has 0 amide bonds. The fourth-order valence-electron chi connectivity index (χ4n) is 1.40. The number of hydrogen-bond donors (Lipinski definition) is 2. The van der Waals surface area contributed by atoms with Crippen LogP contribution in [0.1, 0.15) is 11.0 Å². The minimum absolute atomic E-state index is 0.163. The number of thiophene rings is 1. The van der Waals surface area contributed by atoms with Crippen molar-refractivity contribution in [3.63, 3.8) is 0 Å². The van der Waals surface area contributed by atoms with Gasteiger partial charge in [-0.25, -0.2) is 4.79 Å². The maximum Gasteiger partial charge on any atom is 0.328 e. The Bertz CT molecular complexity index is 678. The average molecular weight is 291 g/mol. The average Bonchev–Trinajstić information content (AvgIpc) is 2.73. The topological polar surface area (TPSA) is 75.1 Å². The summed E-state index contributed by atoms with van der Waals surface area (Å²) in [6, 6.07) is 3.23. The van der Waals surface area contributed by atoms with Crippen LogP contribution in [0.15, 0.2) is 27.9 Å². The maximum absolute atomic E-state index is 13.0. The van der Waals surface area contributed by atoms with Gasteiger partial charge in [0.25, 0.3) is 5.56 Å². The quantitative estimate of drug-likeness (QED) is 0.889. The molecule has 2 rings (SSSR count). The predicted molar refractivity (Wildman–Crippen MR) is 65.6 cm³/mol. The van der Waals surface area contributed by atoms with Gasteiger partial charge in [0, 0.05) is 4.88 Å². The molecule has 1 unspecified atom stereocenters. The van der Waals surface area contributed by atoms with Crippen LogP contribution in [-0.2, 0) is 6.54 Å². The van der Waals surface area contributed by atoms with Crippen LogP contribution in [-0.4, -0.2) is 14.7 Å². The van der Waals surface area contributed by atoms with Gasteiger partial charge in [0.2, 0.25) is 5.82 Å². The Hall–Kier alpha value is -1.44. The van der Waals surface area contributed by atoms with Crippen LogP contribution >= 0.6 is 22.9 Å². The summed E-state index contributed by atoms with van der Waals surface area (Å²) >= 11 is 6.88. The Morgan fingerprint density at radius 2 is 2.22 bits per heavy atom. The Kier molecular flexibility index (Phi) is 3.65. The van der Waals surface area contributed by atoms with E-state index in [0.29, 0.717) is 9.21 Å². The Labute approximate surface area is 109 Å². The summed E-state index contributed by atoms with van der Waals surface area (Å²) < 4.78 is 14.4. The third-order valence-electron chi connectivity index (χ3n) is 2.26. The van der Waals surface area contributed by atoms with Gasteiger partial charge in [-0.1, -0.05) is 11.6 Å². The molecule has 0 aliphatic rings. The first-order chi connectivity index (χ1) is 8.47. The fraction of sp³-hybridized carbons (Fsp3) is 0.200. The van der Waals surface area contributed by atoms with Gasteiger partial charge in [0.15, 0.2) is 0 Å². The van der Waals surface area contributed by atoms with Gasteiger partial charge in [-0.3, -0.25) is 14.3 Å². The fourth-order valence-corrected chi connectivity index (χ4v) is 2.44. The van der Waals surface area contributed by atoms with Crippen LogP contribution in [0.3, 0.4) is 0 Å². The van der Waals surface area contributed by atoms with E-state index < -0.39 is 23.2 Å². The maximum atomic E-state index is 13.0. The number of aliphatic hydroxyl groups excluding tert-OH is 1. The van der Waals surface area contributed by atoms with Crippen molar-refractivity contribution in [1.82, 2.24) is 9.55 Å². The lowest BCUT2D eigenvalue weighted by Gasteiger charge is -2.10. The summed E-state index contributed by atoms with van der Waals surface area (Å²) in [5, 5.41) is 9.85. The van der Waals surface area contributed by atoms with E-state index in [-0.39, 0.29) is 6.54 Å². The van der Waals surface area contributed by atoms with Crippen LogP contribution in [0, 0.1) is 5.82 Å². The highest BCUT2D eigenvalue weighted by atomic mass is 35.5. The number of aromatic amines is 1. The zero-order chi connectivity index (χ0) is 13.3. The molecule has 1 atom stereocenters. The number of nitrogens with one attached hydrogen (secondary N) is 1. The van der Waals surface area contributed by atoms with Crippen LogP contribution in [0.2, 0.25) is 4.34 Å². The van der Waals surface area contributed by atoms with E-state index in [2.05, 4.69) is 0 Å². The highest BCUT2D eigenvalue weighted by Crippen LogP contribution is 2.27. The third-order valence-corrected chi connectivity index (χ3v) is 3.59. The molecule has 5 nitrogen and oxygen atoms in total. The number of aliphatic hydroxyl groups is 1. The molecule has 0 aromatic carbocycles. The number of nitrogens with zero attached hydrogens (tertiary/aromatic N) is 1. The molecule has 2 N–H and O–H groups in total. The van der Waals surface area contributed by atoms with Crippen molar-refractivity contribution in [2.75, 3.05) is 0 Å². The van der Waals surface area contributed by atoms with E-state index >= 15 is 0 Å². The number of halogens is 2. The minimum Gasteiger partial charge on any atom is -0.386 e. The first-order valence-electron chi connectivity index (χ1n) is 4.90. The van der Waals surface area contributed by atoms with E-state index in [1.165, 1.54) is 0 Å². The van der Waals surface area contributed by atoms with Gasteiger partial charge in [-0.15, -0.1) is 11.3 Å². The van der Waals surface area contributed by atoms with Crippen molar-refractivity contribution in [2.45, 2.75) is 12.6 Å². The highest BCUT2D eigenvalue weighted by molar-refractivity contribution is 7.16. The molecule has 0 saturated heterocycles. The molecule has 0 saturated carbocycles. The SMILES string of the molecule is O=c1[nH]c(=O)n(CC(O)c2ccc(Cl)s2)cc1F. The van der Waals surface area contributed by atoms with Crippen molar-refractivity contribution in [3.8, 4) is 0 Å². The van der Waals surface area contributed by atoms with Crippen LogP contribution in [0.25, 0.3) is 0 Å². The second-order valence-electron chi connectivity index (χ2n) is 3.55. The summed E-state index contributed by atoms with van der Waals surface area (Å²) in [5.74, 6) is -1.08. The van der Waals surface area contributed by atoms with Crippen LogP contribution < -0.4 is 11.2 Å². The van der Waals surface area contributed by atoms with E-state index in [1.807, 2.05) is 4.98 Å². The standard InChI is InChI=1S/C10H8ClFN2O3S/c11-8-2-1-7(18-8)6(15)4-14-3-5(12)9(16)13-10(14)17/h1-3,6,15H,4H2,(H,13,16,17). The molecule has 0 spiro atoms. The van der Waals surface area contributed by atoms with E-state index in [0.717, 1.165) is 22.1 Å². The molecule has 0 aliphatic carbocycles. The van der Waals surface area contributed by atoms with Gasteiger partial charge >= 0.3 is 5.69 Å². The van der Waals surface area contributed by atoms with Crippen LogP contribution in [0.4, 0.5) is 4.39 Å². The molecular formula is C10H8ClFN2O3S. The normalized spacial score (nSPS) is 12.6. The molecule has 2 aromatic rings. The highest BCUT2D eigenvalue weighted by Gasteiger charge is 2.13. The molecule has 96 valence electrons.